The van der Waals surface area contributed by atoms with Crippen LogP contribution in [0.2, 0.25) is 0 Å². The van der Waals surface area contributed by atoms with E-state index in [4.69, 9.17) is 15.0 Å². The van der Waals surface area contributed by atoms with E-state index in [0.717, 1.165) is 25.7 Å². The van der Waals surface area contributed by atoms with Gasteiger partial charge in [-0.25, -0.2) is 0 Å². The van der Waals surface area contributed by atoms with E-state index in [9.17, 15) is 0 Å². The van der Waals surface area contributed by atoms with Gasteiger partial charge in [0.05, 0.1) is 5.41 Å². The van der Waals surface area contributed by atoms with Crippen LogP contribution in [0.15, 0.2) is 4.52 Å². The monoisotopic (exact) mass is 253 g/mol. The first kappa shape index (κ1) is 13.5. The van der Waals surface area contributed by atoms with Crippen LogP contribution in [-0.4, -0.2) is 23.8 Å². The van der Waals surface area contributed by atoms with Gasteiger partial charge in [0.2, 0.25) is 11.7 Å². The van der Waals surface area contributed by atoms with Crippen LogP contribution in [0.3, 0.4) is 0 Å². The minimum absolute atomic E-state index is 0.283. The van der Waals surface area contributed by atoms with Crippen LogP contribution in [0.4, 0.5) is 0 Å². The highest BCUT2D eigenvalue weighted by Crippen LogP contribution is 2.39. The molecular weight excluding hydrogens is 230 g/mol. The van der Waals surface area contributed by atoms with Crippen LogP contribution in [0, 0.1) is 0 Å². The number of hydrogen-bond donors (Lipinski definition) is 1. The van der Waals surface area contributed by atoms with Crippen LogP contribution in [0.25, 0.3) is 0 Å². The maximum atomic E-state index is 5.73. The molecule has 5 nitrogen and oxygen atoms in total. The van der Waals surface area contributed by atoms with Gasteiger partial charge in [-0.15, -0.1) is 0 Å². The van der Waals surface area contributed by atoms with Gasteiger partial charge in [0.25, 0.3) is 0 Å². The van der Waals surface area contributed by atoms with Gasteiger partial charge < -0.3 is 15.0 Å². The molecule has 1 heterocycles. The SMILES string of the molecule is COC1(c2noc(C(C)(C)CN)n2)CCCCC1. The molecule has 0 unspecified atom stereocenters. The Balaban J connectivity index is 2.28. The Morgan fingerprint density at radius 3 is 2.56 bits per heavy atom. The predicted molar refractivity (Wildman–Crippen MR) is 68.2 cm³/mol. The van der Waals surface area contributed by atoms with Gasteiger partial charge in [0, 0.05) is 13.7 Å². The fraction of sp³-hybridized carbons (Fsp3) is 0.846. The molecule has 0 aliphatic heterocycles. The highest BCUT2D eigenvalue weighted by atomic mass is 16.5. The van der Waals surface area contributed by atoms with E-state index in [1.807, 2.05) is 13.8 Å². The number of nitrogens with two attached hydrogens (primary N) is 1. The van der Waals surface area contributed by atoms with Crippen molar-refractivity contribution in [3.63, 3.8) is 0 Å². The third-order valence-electron chi connectivity index (χ3n) is 3.97. The fourth-order valence-corrected chi connectivity index (χ4v) is 2.41. The summed E-state index contributed by atoms with van der Waals surface area (Å²) in [7, 11) is 1.73. The summed E-state index contributed by atoms with van der Waals surface area (Å²) in [4.78, 5) is 4.54. The summed E-state index contributed by atoms with van der Waals surface area (Å²) in [5.41, 5.74) is 5.09. The van der Waals surface area contributed by atoms with Crippen molar-refractivity contribution in [3.05, 3.63) is 11.7 Å². The van der Waals surface area contributed by atoms with E-state index < -0.39 is 0 Å². The molecule has 1 aromatic heterocycles. The minimum atomic E-state index is -0.356. The smallest absolute Gasteiger partial charge is 0.233 e. The zero-order chi connectivity index (χ0) is 13.2. The molecule has 2 N–H and O–H groups in total. The Morgan fingerprint density at radius 1 is 1.33 bits per heavy atom. The number of rotatable bonds is 4. The Kier molecular flexibility index (Phi) is 3.73. The number of ether oxygens (including phenoxy) is 1. The second-order valence-corrected chi connectivity index (χ2v) is 5.77. The van der Waals surface area contributed by atoms with Gasteiger partial charge in [-0.1, -0.05) is 24.4 Å². The van der Waals surface area contributed by atoms with Crippen molar-refractivity contribution in [3.8, 4) is 0 Å². The third kappa shape index (κ3) is 2.29. The Bertz CT molecular complexity index is 395. The largest absolute Gasteiger partial charge is 0.370 e. The normalized spacial score (nSPS) is 20.0. The minimum Gasteiger partial charge on any atom is -0.370 e. The molecular formula is C13H23N3O2. The first-order valence-corrected chi connectivity index (χ1v) is 6.64. The number of methoxy groups -OCH3 is 1. The molecule has 0 amide bonds. The molecule has 1 saturated carbocycles. The molecule has 0 radical (unpaired) electrons. The average molecular weight is 253 g/mol. The maximum absolute atomic E-state index is 5.73. The Labute approximate surface area is 108 Å². The maximum Gasteiger partial charge on any atom is 0.233 e. The van der Waals surface area contributed by atoms with Crippen LogP contribution >= 0.6 is 0 Å². The zero-order valence-corrected chi connectivity index (χ0v) is 11.5. The van der Waals surface area contributed by atoms with Crippen molar-refractivity contribution in [1.29, 1.82) is 0 Å². The van der Waals surface area contributed by atoms with Crippen LogP contribution in [0.1, 0.15) is 57.7 Å². The van der Waals surface area contributed by atoms with Crippen molar-refractivity contribution in [2.75, 3.05) is 13.7 Å². The molecule has 0 saturated heterocycles. The fourth-order valence-electron chi connectivity index (χ4n) is 2.41. The van der Waals surface area contributed by atoms with Crippen molar-refractivity contribution >= 4 is 0 Å². The van der Waals surface area contributed by atoms with Crippen molar-refractivity contribution in [2.45, 2.75) is 57.0 Å². The second-order valence-electron chi connectivity index (χ2n) is 5.77. The van der Waals surface area contributed by atoms with Gasteiger partial charge in [-0.05, 0) is 26.7 Å². The summed E-state index contributed by atoms with van der Waals surface area (Å²) in [6.45, 7) is 4.49. The van der Waals surface area contributed by atoms with Gasteiger partial charge in [0.15, 0.2) is 0 Å². The lowest BCUT2D eigenvalue weighted by Gasteiger charge is -2.32. The summed E-state index contributed by atoms with van der Waals surface area (Å²) in [5.74, 6) is 1.28. The van der Waals surface area contributed by atoms with Gasteiger partial charge in [0.1, 0.15) is 5.60 Å². The number of aromatic nitrogens is 2. The summed E-state index contributed by atoms with van der Waals surface area (Å²) in [5, 5.41) is 4.13. The average Bonchev–Trinajstić information content (AvgIpc) is 2.90. The van der Waals surface area contributed by atoms with Crippen molar-refractivity contribution in [2.24, 2.45) is 5.73 Å². The summed E-state index contributed by atoms with van der Waals surface area (Å²) >= 11 is 0. The lowest BCUT2D eigenvalue weighted by atomic mass is 9.84. The molecule has 1 aromatic rings. The van der Waals surface area contributed by atoms with Crippen LogP contribution < -0.4 is 5.73 Å². The summed E-state index contributed by atoms with van der Waals surface area (Å²) < 4.78 is 11.1. The molecule has 1 aliphatic rings. The lowest BCUT2D eigenvalue weighted by Crippen LogP contribution is -2.33. The predicted octanol–water partition coefficient (Wildman–Crippen LogP) is 2.11. The molecule has 0 spiro atoms. The quantitative estimate of drug-likeness (QED) is 0.889. The lowest BCUT2D eigenvalue weighted by molar-refractivity contribution is -0.0527. The highest BCUT2D eigenvalue weighted by Gasteiger charge is 2.39. The molecule has 18 heavy (non-hydrogen) atoms. The standard InChI is InChI=1S/C13H23N3O2/c1-12(2,9-14)11-15-10(16-18-11)13(17-3)7-5-4-6-8-13/h4-9,14H2,1-3H3. The molecule has 0 bridgehead atoms. The molecule has 0 aromatic carbocycles. The number of nitrogens with zero attached hydrogens (tertiary/aromatic N) is 2. The Morgan fingerprint density at radius 2 is 2.00 bits per heavy atom. The molecule has 2 rings (SSSR count). The van der Waals surface area contributed by atoms with Crippen LogP contribution in [-0.2, 0) is 15.8 Å². The molecule has 102 valence electrons. The van der Waals surface area contributed by atoms with Crippen LogP contribution in [0.5, 0.6) is 0 Å². The van der Waals surface area contributed by atoms with Gasteiger partial charge in [-0.3, -0.25) is 0 Å². The number of hydrogen-bond acceptors (Lipinski definition) is 5. The van der Waals surface area contributed by atoms with Gasteiger partial charge >= 0.3 is 0 Å². The van der Waals surface area contributed by atoms with Crippen molar-refractivity contribution < 1.29 is 9.26 Å². The van der Waals surface area contributed by atoms with E-state index in [2.05, 4.69) is 10.1 Å². The Hall–Kier alpha value is -0.940. The van der Waals surface area contributed by atoms with E-state index in [1.165, 1.54) is 6.42 Å². The zero-order valence-electron chi connectivity index (χ0n) is 11.5. The van der Waals surface area contributed by atoms with E-state index in [1.54, 1.807) is 7.11 Å². The first-order chi connectivity index (χ1) is 8.54. The molecule has 5 heteroatoms. The molecule has 1 aliphatic carbocycles. The van der Waals surface area contributed by atoms with E-state index in [0.29, 0.717) is 18.3 Å². The van der Waals surface area contributed by atoms with E-state index >= 15 is 0 Å². The summed E-state index contributed by atoms with van der Waals surface area (Å²) in [6, 6.07) is 0. The van der Waals surface area contributed by atoms with Gasteiger partial charge in [-0.2, -0.15) is 4.98 Å². The highest BCUT2D eigenvalue weighted by molar-refractivity contribution is 5.08. The summed E-state index contributed by atoms with van der Waals surface area (Å²) in [6.07, 6.45) is 5.48. The molecule has 1 fully saturated rings. The first-order valence-electron chi connectivity index (χ1n) is 6.64. The topological polar surface area (TPSA) is 74.2 Å². The molecule has 0 atom stereocenters. The second kappa shape index (κ2) is 4.97. The third-order valence-corrected chi connectivity index (χ3v) is 3.97. The van der Waals surface area contributed by atoms with Crippen molar-refractivity contribution in [1.82, 2.24) is 10.1 Å². The van der Waals surface area contributed by atoms with E-state index in [-0.39, 0.29) is 11.0 Å².